The fraction of sp³-hybridized carbons (Fsp3) is 0.333. The smallest absolute Gasteiger partial charge is 0.391 e. The first-order valence-electron chi connectivity index (χ1n) is 11.4. The summed E-state index contributed by atoms with van der Waals surface area (Å²) in [5.74, 6) is -6.22. The van der Waals surface area contributed by atoms with Gasteiger partial charge in [0.25, 0.3) is 5.91 Å². The highest BCUT2D eigenvalue weighted by Crippen LogP contribution is 2.45. The number of alkyl halides is 3. The predicted octanol–water partition coefficient (Wildman–Crippen LogP) is 3.12. The third-order valence-corrected chi connectivity index (χ3v) is 6.79. The average molecular weight is 540 g/mol. The van der Waals surface area contributed by atoms with Gasteiger partial charge in [-0.3, -0.25) is 23.9 Å². The summed E-state index contributed by atoms with van der Waals surface area (Å²) in [6, 6.07) is 2.94. The predicted molar refractivity (Wildman–Crippen MR) is 120 cm³/mol. The second kappa shape index (κ2) is 8.82. The number of nitrogens with one attached hydrogen (secondary N) is 1. The van der Waals surface area contributed by atoms with E-state index in [1.54, 1.807) is 0 Å². The summed E-state index contributed by atoms with van der Waals surface area (Å²) in [6.07, 6.45) is -6.04. The molecule has 200 valence electrons. The number of pyridine rings is 2. The Balaban J connectivity index is 1.72. The van der Waals surface area contributed by atoms with E-state index in [1.807, 2.05) is 5.32 Å². The zero-order chi connectivity index (χ0) is 27.6. The minimum absolute atomic E-state index is 0.0992. The topological polar surface area (TPSA) is 105 Å². The molecule has 5 rings (SSSR count). The Morgan fingerprint density at radius 1 is 1.11 bits per heavy atom. The molecule has 1 atom stereocenters. The molecule has 1 aliphatic heterocycles. The van der Waals surface area contributed by atoms with Crippen LogP contribution in [0.4, 0.5) is 32.2 Å². The number of aliphatic hydroxyl groups excluding tert-OH is 1. The van der Waals surface area contributed by atoms with Crippen molar-refractivity contribution in [3.63, 3.8) is 0 Å². The number of hydrogen-bond acceptors (Lipinski definition) is 5. The van der Waals surface area contributed by atoms with Gasteiger partial charge < -0.3 is 10.4 Å². The number of carbonyl (C=O) groups is 2. The van der Waals surface area contributed by atoms with Crippen LogP contribution in [0.3, 0.4) is 0 Å². The van der Waals surface area contributed by atoms with Crippen molar-refractivity contribution in [1.29, 1.82) is 0 Å². The molecule has 0 radical (unpaired) electrons. The summed E-state index contributed by atoms with van der Waals surface area (Å²) in [7, 11) is 0. The molecule has 0 unspecified atom stereocenters. The second-order valence-corrected chi connectivity index (χ2v) is 9.25. The molecule has 0 spiro atoms. The number of benzene rings is 1. The molecule has 38 heavy (non-hydrogen) atoms. The molecule has 2 fully saturated rings. The standard InChI is InChI=1S/C24H18F6N4O4/c25-11-6-15(26)19(16(27)7-11)34-10-14(22(38)32-23(4-1-5-23)24(28,29)30)20(37)13-2-3-17(31-21(13)34)33-9-12(35)8-18(33)36/h2-3,6-7,10,12,35H,1,4-5,8-9H2,(H,32,38)/t12-/m0/s1. The molecular weight excluding hydrogens is 522 g/mol. The number of hydrogen-bond donors (Lipinski definition) is 2. The average Bonchev–Trinajstić information content (AvgIpc) is 3.13. The van der Waals surface area contributed by atoms with Crippen LogP contribution in [-0.2, 0) is 4.79 Å². The minimum atomic E-state index is -4.81. The van der Waals surface area contributed by atoms with Gasteiger partial charge in [-0.2, -0.15) is 13.2 Å². The molecule has 3 aromatic rings. The van der Waals surface area contributed by atoms with Crippen LogP contribution in [0, 0.1) is 17.5 Å². The van der Waals surface area contributed by atoms with Crippen molar-refractivity contribution in [1.82, 2.24) is 14.9 Å². The Bertz CT molecular complexity index is 1530. The van der Waals surface area contributed by atoms with Crippen molar-refractivity contribution in [2.24, 2.45) is 0 Å². The van der Waals surface area contributed by atoms with Crippen molar-refractivity contribution in [2.75, 3.05) is 11.4 Å². The van der Waals surface area contributed by atoms with Crippen molar-refractivity contribution in [3.05, 3.63) is 63.7 Å². The molecule has 2 aromatic heterocycles. The van der Waals surface area contributed by atoms with E-state index in [0.717, 1.165) is 11.0 Å². The third-order valence-electron chi connectivity index (χ3n) is 6.79. The molecule has 2 N–H and O–H groups in total. The van der Waals surface area contributed by atoms with Gasteiger partial charge >= 0.3 is 6.18 Å². The van der Waals surface area contributed by atoms with E-state index in [4.69, 9.17) is 0 Å². The van der Waals surface area contributed by atoms with E-state index < -0.39 is 87.6 Å². The molecule has 1 saturated heterocycles. The highest BCUT2D eigenvalue weighted by Gasteiger charge is 2.59. The van der Waals surface area contributed by atoms with Gasteiger partial charge in [-0.05, 0) is 31.4 Å². The Morgan fingerprint density at radius 3 is 2.29 bits per heavy atom. The molecule has 3 heterocycles. The third kappa shape index (κ3) is 4.08. The van der Waals surface area contributed by atoms with Crippen LogP contribution in [-0.4, -0.2) is 50.8 Å². The number of aromatic nitrogens is 2. The van der Waals surface area contributed by atoms with Gasteiger partial charge in [-0.15, -0.1) is 0 Å². The maximum atomic E-state index is 14.8. The first-order valence-corrected chi connectivity index (χ1v) is 11.4. The molecule has 1 saturated carbocycles. The first-order chi connectivity index (χ1) is 17.8. The number of nitrogens with zero attached hydrogens (tertiary/aromatic N) is 3. The van der Waals surface area contributed by atoms with Gasteiger partial charge in [0.1, 0.15) is 28.4 Å². The van der Waals surface area contributed by atoms with E-state index in [-0.39, 0.29) is 25.2 Å². The van der Waals surface area contributed by atoms with Crippen LogP contribution in [0.15, 0.2) is 35.3 Å². The molecule has 0 bridgehead atoms. The lowest BCUT2D eigenvalue weighted by Gasteiger charge is -2.43. The molecule has 1 aromatic carbocycles. The lowest BCUT2D eigenvalue weighted by molar-refractivity contribution is -0.215. The summed E-state index contributed by atoms with van der Waals surface area (Å²) in [6.45, 7) is -0.152. The quantitative estimate of drug-likeness (QED) is 0.495. The summed E-state index contributed by atoms with van der Waals surface area (Å²) < 4.78 is 84.7. The van der Waals surface area contributed by atoms with Gasteiger partial charge in [-0.25, -0.2) is 18.2 Å². The molecule has 14 heteroatoms. The Labute approximate surface area is 209 Å². The fourth-order valence-corrected chi connectivity index (χ4v) is 4.64. The number of β-amino-alcohol motifs (C(OH)–C–C–N with tert-alkyl or cyclic N) is 1. The minimum Gasteiger partial charge on any atom is -0.391 e. The molecule has 2 amide bonds. The zero-order valence-corrected chi connectivity index (χ0v) is 19.3. The maximum Gasteiger partial charge on any atom is 0.411 e. The van der Waals surface area contributed by atoms with E-state index in [0.29, 0.717) is 22.9 Å². The Hall–Kier alpha value is -3.94. The zero-order valence-electron chi connectivity index (χ0n) is 19.3. The van der Waals surface area contributed by atoms with Gasteiger partial charge in [0, 0.05) is 18.3 Å². The maximum absolute atomic E-state index is 14.8. The highest BCUT2D eigenvalue weighted by molar-refractivity contribution is 5.99. The van der Waals surface area contributed by atoms with Crippen LogP contribution in [0.5, 0.6) is 0 Å². The first kappa shape index (κ1) is 25.7. The number of halogens is 6. The summed E-state index contributed by atoms with van der Waals surface area (Å²) in [4.78, 5) is 43.6. The van der Waals surface area contributed by atoms with Crippen LogP contribution in [0.2, 0.25) is 0 Å². The van der Waals surface area contributed by atoms with Crippen LogP contribution >= 0.6 is 0 Å². The fourth-order valence-electron chi connectivity index (χ4n) is 4.64. The second-order valence-electron chi connectivity index (χ2n) is 9.25. The van der Waals surface area contributed by atoms with Gasteiger partial charge in [-0.1, -0.05) is 0 Å². The number of fused-ring (bicyclic) bond motifs is 1. The lowest BCUT2D eigenvalue weighted by atomic mass is 9.76. The monoisotopic (exact) mass is 540 g/mol. The molecule has 2 aliphatic rings. The van der Waals surface area contributed by atoms with Crippen molar-refractivity contribution in [3.8, 4) is 5.69 Å². The Morgan fingerprint density at radius 2 is 1.76 bits per heavy atom. The number of rotatable bonds is 4. The number of anilines is 1. The number of carbonyl (C=O) groups excluding carboxylic acids is 2. The van der Waals surface area contributed by atoms with Gasteiger partial charge in [0.2, 0.25) is 11.3 Å². The van der Waals surface area contributed by atoms with E-state index in [1.165, 1.54) is 6.07 Å². The van der Waals surface area contributed by atoms with Crippen LogP contribution < -0.4 is 15.6 Å². The molecule has 8 nitrogen and oxygen atoms in total. The van der Waals surface area contributed by atoms with Gasteiger partial charge in [0.05, 0.1) is 24.5 Å². The normalized spacial score (nSPS) is 19.1. The SMILES string of the molecule is O=C(NC1(C(F)(F)F)CCC1)c1cn(-c2c(F)cc(F)cc2F)c2nc(N3C[C@@H](O)CC3=O)ccc2c1=O. The molecular formula is C24H18F6N4O4. The van der Waals surface area contributed by atoms with Crippen molar-refractivity contribution >= 4 is 28.7 Å². The summed E-state index contributed by atoms with van der Waals surface area (Å²) in [5.41, 5.74) is -5.92. The Kier molecular flexibility index (Phi) is 5.97. The van der Waals surface area contributed by atoms with Crippen LogP contribution in [0.1, 0.15) is 36.0 Å². The van der Waals surface area contributed by atoms with Crippen molar-refractivity contribution < 1.29 is 41.0 Å². The molecule has 1 aliphatic carbocycles. The van der Waals surface area contributed by atoms with Crippen molar-refractivity contribution in [2.45, 2.75) is 43.5 Å². The highest BCUT2D eigenvalue weighted by atomic mass is 19.4. The lowest BCUT2D eigenvalue weighted by Crippen LogP contribution is -2.63. The number of aliphatic hydroxyl groups is 1. The summed E-state index contributed by atoms with van der Waals surface area (Å²) in [5, 5.41) is 11.2. The largest absolute Gasteiger partial charge is 0.411 e. The summed E-state index contributed by atoms with van der Waals surface area (Å²) >= 11 is 0. The number of amides is 2. The van der Waals surface area contributed by atoms with E-state index >= 15 is 0 Å². The van der Waals surface area contributed by atoms with Crippen LogP contribution in [0.25, 0.3) is 16.7 Å². The van der Waals surface area contributed by atoms with E-state index in [2.05, 4.69) is 4.98 Å². The van der Waals surface area contributed by atoms with Gasteiger partial charge in [0.15, 0.2) is 17.3 Å². The van der Waals surface area contributed by atoms with E-state index in [9.17, 15) is 45.8 Å².